The van der Waals surface area contributed by atoms with Crippen molar-refractivity contribution in [3.05, 3.63) is 59.7 Å². The molecule has 1 saturated heterocycles. The van der Waals surface area contributed by atoms with Gasteiger partial charge in [-0.25, -0.2) is 0 Å². The third-order valence-corrected chi connectivity index (χ3v) is 4.24. The van der Waals surface area contributed by atoms with Gasteiger partial charge in [-0.15, -0.1) is 0 Å². The molecule has 1 atom stereocenters. The normalized spacial score (nSPS) is 16.7. The minimum Gasteiger partial charge on any atom is -0.396 e. The standard InChI is InChI=1S/C19H19N3O2/c20-11-14-4-6-17(7-5-14)21-18-3-1-2-16(10-18)19(24)22-9-8-15(12-22)13-23/h1-7,10,15,21,23H,8-9,12-13H2. The van der Waals surface area contributed by atoms with E-state index in [-0.39, 0.29) is 18.4 Å². The van der Waals surface area contributed by atoms with Crippen molar-refractivity contribution in [2.45, 2.75) is 6.42 Å². The summed E-state index contributed by atoms with van der Waals surface area (Å²) in [5.41, 5.74) is 2.92. The lowest BCUT2D eigenvalue weighted by atomic mass is 10.1. The van der Waals surface area contributed by atoms with Crippen LogP contribution in [0.5, 0.6) is 0 Å². The molecule has 2 aromatic rings. The molecular formula is C19H19N3O2. The molecule has 0 saturated carbocycles. The highest BCUT2D eigenvalue weighted by molar-refractivity contribution is 5.95. The molecule has 5 nitrogen and oxygen atoms in total. The van der Waals surface area contributed by atoms with Crippen LogP contribution < -0.4 is 5.32 Å². The number of rotatable bonds is 4. The first kappa shape index (κ1) is 16.0. The minimum atomic E-state index is -0.00516. The van der Waals surface area contributed by atoms with Crippen LogP contribution in [0, 0.1) is 17.2 Å². The van der Waals surface area contributed by atoms with Gasteiger partial charge in [0.15, 0.2) is 0 Å². The molecule has 0 radical (unpaired) electrons. The minimum absolute atomic E-state index is 0.00516. The second-order valence-electron chi connectivity index (χ2n) is 5.98. The first-order chi connectivity index (χ1) is 11.7. The molecule has 1 aliphatic heterocycles. The Balaban J connectivity index is 1.71. The van der Waals surface area contributed by atoms with Crippen LogP contribution in [0.2, 0.25) is 0 Å². The molecule has 0 bridgehead atoms. The van der Waals surface area contributed by atoms with Gasteiger partial charge in [-0.1, -0.05) is 6.07 Å². The maximum atomic E-state index is 12.6. The Morgan fingerprint density at radius 2 is 2.04 bits per heavy atom. The number of likely N-dealkylation sites (tertiary alicyclic amines) is 1. The first-order valence-electron chi connectivity index (χ1n) is 7.97. The molecule has 0 aliphatic carbocycles. The molecule has 122 valence electrons. The highest BCUT2D eigenvalue weighted by atomic mass is 16.3. The number of nitriles is 1. The van der Waals surface area contributed by atoms with Crippen LogP contribution in [0.15, 0.2) is 48.5 Å². The summed E-state index contributed by atoms with van der Waals surface area (Å²) in [4.78, 5) is 14.4. The number of carbonyl (C=O) groups excluding carboxylic acids is 1. The van der Waals surface area contributed by atoms with Crippen LogP contribution in [0.3, 0.4) is 0 Å². The molecule has 1 heterocycles. The molecular weight excluding hydrogens is 302 g/mol. The van der Waals surface area contributed by atoms with E-state index in [0.717, 1.165) is 17.8 Å². The molecule has 1 unspecified atom stereocenters. The van der Waals surface area contributed by atoms with Crippen LogP contribution in [0.25, 0.3) is 0 Å². The second kappa shape index (κ2) is 7.16. The van der Waals surface area contributed by atoms with Gasteiger partial charge in [0.1, 0.15) is 0 Å². The Morgan fingerprint density at radius 1 is 1.25 bits per heavy atom. The number of aliphatic hydroxyl groups excluding tert-OH is 1. The average molecular weight is 321 g/mol. The largest absolute Gasteiger partial charge is 0.396 e. The first-order valence-corrected chi connectivity index (χ1v) is 7.97. The number of carbonyl (C=O) groups is 1. The molecule has 3 rings (SSSR count). The molecule has 5 heteroatoms. The highest BCUT2D eigenvalue weighted by Crippen LogP contribution is 2.22. The summed E-state index contributed by atoms with van der Waals surface area (Å²) in [5, 5.41) is 21.3. The molecule has 2 aromatic carbocycles. The molecule has 0 aromatic heterocycles. The van der Waals surface area contributed by atoms with E-state index in [1.807, 2.05) is 30.3 Å². The topological polar surface area (TPSA) is 76.4 Å². The maximum Gasteiger partial charge on any atom is 0.253 e. The average Bonchev–Trinajstić information content (AvgIpc) is 3.11. The van der Waals surface area contributed by atoms with Gasteiger partial charge in [-0.2, -0.15) is 5.26 Å². The van der Waals surface area contributed by atoms with Crippen molar-refractivity contribution in [2.75, 3.05) is 25.0 Å². The molecule has 24 heavy (non-hydrogen) atoms. The smallest absolute Gasteiger partial charge is 0.253 e. The van der Waals surface area contributed by atoms with E-state index < -0.39 is 0 Å². The Labute approximate surface area is 141 Å². The summed E-state index contributed by atoms with van der Waals surface area (Å²) in [7, 11) is 0. The lowest BCUT2D eigenvalue weighted by molar-refractivity contribution is 0.0782. The predicted octanol–water partition coefficient (Wildman–Crippen LogP) is 2.76. The number of benzene rings is 2. The van der Waals surface area contributed by atoms with Gasteiger partial charge in [0, 0.05) is 42.6 Å². The summed E-state index contributed by atoms with van der Waals surface area (Å²) in [6.07, 6.45) is 0.853. The fourth-order valence-corrected chi connectivity index (χ4v) is 2.87. The number of nitrogens with one attached hydrogen (secondary N) is 1. The summed E-state index contributed by atoms with van der Waals surface area (Å²) >= 11 is 0. The van der Waals surface area contributed by atoms with E-state index in [0.29, 0.717) is 24.2 Å². The van der Waals surface area contributed by atoms with Crippen molar-refractivity contribution in [3.8, 4) is 6.07 Å². The number of aliphatic hydroxyl groups is 1. The molecule has 2 N–H and O–H groups in total. The zero-order valence-corrected chi connectivity index (χ0v) is 13.3. The Bertz CT molecular complexity index is 765. The predicted molar refractivity (Wildman–Crippen MR) is 92.0 cm³/mol. The summed E-state index contributed by atoms with van der Waals surface area (Å²) in [6.45, 7) is 1.43. The maximum absolute atomic E-state index is 12.6. The summed E-state index contributed by atoms with van der Waals surface area (Å²) in [6, 6.07) is 16.6. The van der Waals surface area contributed by atoms with Crippen molar-refractivity contribution >= 4 is 17.3 Å². The van der Waals surface area contributed by atoms with E-state index in [1.54, 1.807) is 23.1 Å². The van der Waals surface area contributed by atoms with Gasteiger partial charge in [0.2, 0.25) is 0 Å². The van der Waals surface area contributed by atoms with Crippen LogP contribution in [-0.4, -0.2) is 35.6 Å². The van der Waals surface area contributed by atoms with Crippen molar-refractivity contribution < 1.29 is 9.90 Å². The number of hydrogen-bond acceptors (Lipinski definition) is 4. The summed E-state index contributed by atoms with van der Waals surface area (Å²) < 4.78 is 0. The second-order valence-corrected chi connectivity index (χ2v) is 5.98. The van der Waals surface area contributed by atoms with Gasteiger partial charge < -0.3 is 15.3 Å². The van der Waals surface area contributed by atoms with Crippen LogP contribution >= 0.6 is 0 Å². The lowest BCUT2D eigenvalue weighted by Crippen LogP contribution is -2.29. The van der Waals surface area contributed by atoms with Gasteiger partial charge in [-0.3, -0.25) is 4.79 Å². The van der Waals surface area contributed by atoms with Crippen molar-refractivity contribution in [2.24, 2.45) is 5.92 Å². The van der Waals surface area contributed by atoms with Crippen LogP contribution in [0.4, 0.5) is 11.4 Å². The monoisotopic (exact) mass is 321 g/mol. The van der Waals surface area contributed by atoms with E-state index in [2.05, 4.69) is 11.4 Å². The van der Waals surface area contributed by atoms with E-state index in [9.17, 15) is 9.90 Å². The van der Waals surface area contributed by atoms with Crippen molar-refractivity contribution in [3.63, 3.8) is 0 Å². The number of nitrogens with zero attached hydrogens (tertiary/aromatic N) is 2. The molecule has 1 amide bonds. The number of hydrogen-bond donors (Lipinski definition) is 2. The van der Waals surface area contributed by atoms with Crippen LogP contribution in [-0.2, 0) is 0 Å². The third kappa shape index (κ3) is 3.55. The Morgan fingerprint density at radius 3 is 2.71 bits per heavy atom. The van der Waals surface area contributed by atoms with Gasteiger partial charge in [-0.05, 0) is 48.9 Å². The van der Waals surface area contributed by atoms with Gasteiger partial charge in [0.25, 0.3) is 5.91 Å². The molecule has 1 aliphatic rings. The van der Waals surface area contributed by atoms with E-state index in [1.165, 1.54) is 0 Å². The third-order valence-electron chi connectivity index (χ3n) is 4.24. The Hall–Kier alpha value is -2.84. The van der Waals surface area contributed by atoms with Crippen LogP contribution in [0.1, 0.15) is 22.3 Å². The van der Waals surface area contributed by atoms with Crippen molar-refractivity contribution in [1.29, 1.82) is 5.26 Å². The quantitative estimate of drug-likeness (QED) is 0.908. The Kier molecular flexibility index (Phi) is 4.78. The molecule has 0 spiro atoms. The lowest BCUT2D eigenvalue weighted by Gasteiger charge is -2.17. The summed E-state index contributed by atoms with van der Waals surface area (Å²) in [5.74, 6) is 0.184. The fourth-order valence-electron chi connectivity index (χ4n) is 2.87. The van der Waals surface area contributed by atoms with E-state index in [4.69, 9.17) is 5.26 Å². The zero-order valence-electron chi connectivity index (χ0n) is 13.3. The number of anilines is 2. The van der Waals surface area contributed by atoms with E-state index >= 15 is 0 Å². The number of amides is 1. The van der Waals surface area contributed by atoms with Gasteiger partial charge in [0.05, 0.1) is 11.6 Å². The fraction of sp³-hybridized carbons (Fsp3) is 0.263. The van der Waals surface area contributed by atoms with Gasteiger partial charge >= 0.3 is 0 Å². The zero-order chi connectivity index (χ0) is 16.9. The molecule has 1 fully saturated rings. The SMILES string of the molecule is N#Cc1ccc(Nc2cccc(C(=O)N3CCC(CO)C3)c2)cc1. The van der Waals surface area contributed by atoms with Crippen molar-refractivity contribution in [1.82, 2.24) is 4.90 Å². The highest BCUT2D eigenvalue weighted by Gasteiger charge is 2.26.